The lowest BCUT2D eigenvalue weighted by Gasteiger charge is -2.31. The van der Waals surface area contributed by atoms with Gasteiger partial charge >= 0.3 is 17.9 Å². The number of carbonyl (C=O) groups excluding carboxylic acids is 2. The predicted octanol–water partition coefficient (Wildman–Crippen LogP) is 9.07. The first-order valence-electron chi connectivity index (χ1n) is 18.4. The molecule has 0 saturated heterocycles. The Morgan fingerprint density at radius 2 is 1.17 bits per heavy atom. The van der Waals surface area contributed by atoms with Crippen LogP contribution in [0, 0.1) is 0 Å². The molecule has 8 nitrogen and oxygen atoms in total. The maximum Gasteiger partial charge on any atom is 0.362 e. The second kappa shape index (κ2) is 31.3. The Kier molecular flexibility index (Phi) is 29.4. The molecule has 0 aromatic heterocycles. The van der Waals surface area contributed by atoms with Gasteiger partial charge < -0.3 is 23.8 Å². The van der Waals surface area contributed by atoms with Gasteiger partial charge in [-0.3, -0.25) is 9.59 Å². The number of hydrogen-bond donors (Lipinski definition) is 1. The van der Waals surface area contributed by atoms with Crippen molar-refractivity contribution in [2.45, 2.75) is 135 Å². The van der Waals surface area contributed by atoms with Crippen molar-refractivity contribution in [3.05, 3.63) is 60.8 Å². The van der Waals surface area contributed by atoms with Crippen molar-refractivity contribution in [3.8, 4) is 0 Å². The number of carboxylic acids is 1. The third-order valence-electron chi connectivity index (χ3n) is 7.81. The van der Waals surface area contributed by atoms with E-state index in [0.717, 1.165) is 44.9 Å². The number of hydrogen-bond acceptors (Lipinski definition) is 6. The zero-order chi connectivity index (χ0) is 35.7. The molecule has 0 amide bonds. The van der Waals surface area contributed by atoms with Gasteiger partial charge in [-0.15, -0.1) is 0 Å². The lowest BCUT2D eigenvalue weighted by atomic mass is 10.1. The van der Waals surface area contributed by atoms with Crippen LogP contribution in [0.1, 0.15) is 123 Å². The average molecular weight is 675 g/mol. The monoisotopic (exact) mass is 674 g/mol. The van der Waals surface area contributed by atoms with Crippen molar-refractivity contribution in [3.63, 3.8) is 0 Å². The molecule has 2 atom stereocenters. The minimum atomic E-state index is -0.886. The van der Waals surface area contributed by atoms with Gasteiger partial charge in [-0.05, 0) is 32.1 Å². The van der Waals surface area contributed by atoms with E-state index in [1.807, 2.05) is 69.8 Å². The highest BCUT2D eigenvalue weighted by molar-refractivity contribution is 5.72. The number of rotatable bonds is 31. The molecule has 0 rings (SSSR count). The molecule has 274 valence electrons. The van der Waals surface area contributed by atoms with Crippen molar-refractivity contribution in [1.29, 1.82) is 0 Å². The van der Waals surface area contributed by atoms with E-state index in [2.05, 4.69) is 26.0 Å². The molecule has 0 saturated carbocycles. The van der Waals surface area contributed by atoms with Crippen molar-refractivity contribution >= 4 is 17.9 Å². The molecule has 0 aliphatic heterocycles. The summed E-state index contributed by atoms with van der Waals surface area (Å²) in [6.45, 7) is 4.49. The summed E-state index contributed by atoms with van der Waals surface area (Å²) in [7, 11) is 5.49. The highest BCUT2D eigenvalue weighted by atomic mass is 16.6. The lowest BCUT2D eigenvalue weighted by Crippen LogP contribution is -2.50. The topological polar surface area (TPSA) is 99.1 Å². The van der Waals surface area contributed by atoms with Crippen LogP contribution >= 0.6 is 0 Å². The smallest absolute Gasteiger partial charge is 0.362 e. The molecule has 1 N–H and O–H groups in total. The molecule has 0 radical (unpaired) electrons. The fourth-order valence-electron chi connectivity index (χ4n) is 4.93. The normalized spacial score (nSPS) is 13.8. The molecule has 0 heterocycles. The largest absolute Gasteiger partial charge is 0.477 e. The number of carbonyl (C=O) groups is 3. The molecule has 0 spiro atoms. The molecular formula is C40H68NO7+. The molecular weight excluding hydrogens is 606 g/mol. The Morgan fingerprint density at radius 3 is 1.73 bits per heavy atom. The summed E-state index contributed by atoms with van der Waals surface area (Å²) in [5.74, 6) is -1.54. The molecule has 0 fully saturated rings. The predicted molar refractivity (Wildman–Crippen MR) is 197 cm³/mol. The van der Waals surface area contributed by atoms with Crippen molar-refractivity contribution in [1.82, 2.24) is 0 Å². The van der Waals surface area contributed by atoms with Gasteiger partial charge in [0.2, 0.25) is 0 Å². The van der Waals surface area contributed by atoms with Crippen molar-refractivity contribution < 1.29 is 38.2 Å². The van der Waals surface area contributed by atoms with Gasteiger partial charge in [0.1, 0.15) is 6.61 Å². The van der Waals surface area contributed by atoms with Crippen LogP contribution in [0.3, 0.4) is 0 Å². The van der Waals surface area contributed by atoms with Crippen molar-refractivity contribution in [2.75, 3.05) is 41.0 Å². The first kappa shape index (κ1) is 45.0. The van der Waals surface area contributed by atoms with Crippen LogP contribution in [0.2, 0.25) is 0 Å². The number of esters is 2. The summed E-state index contributed by atoms with van der Waals surface area (Å²) in [5, 5.41) is 9.56. The number of carboxylic acid groups (broad SMARTS) is 1. The molecule has 0 aliphatic carbocycles. The molecule has 0 aliphatic rings. The first-order chi connectivity index (χ1) is 23.1. The summed E-state index contributed by atoms with van der Waals surface area (Å²) >= 11 is 0. The summed E-state index contributed by atoms with van der Waals surface area (Å²) in [5.41, 5.74) is 0. The number of nitrogens with zero attached hydrogens (tertiary/aromatic N) is 1. The van der Waals surface area contributed by atoms with E-state index in [1.54, 1.807) is 0 Å². The quantitative estimate of drug-likeness (QED) is 0.0339. The third kappa shape index (κ3) is 29.2. The molecule has 0 bridgehead atoms. The number of unbranched alkanes of at least 4 members (excludes halogenated alkanes) is 11. The Morgan fingerprint density at radius 1 is 0.646 bits per heavy atom. The standard InChI is InChI=1S/C40H67NO7/c1-6-8-10-12-14-16-17-18-19-20-21-23-25-27-29-31-39(43)48-36(34-46-33-32-37(40(44)45)41(3,4)5)35-47-38(42)30-28-26-24-22-15-13-11-9-7-2/h8,10,12,14,16-21,36-37H,6-7,9,11,13,15,22-35H2,1-5H3/p+1/b10-8+,14-12+,17-16+,19-18+,21-20+. The minimum absolute atomic E-state index is 0.0419. The van der Waals surface area contributed by atoms with Crippen LogP contribution in [0.5, 0.6) is 0 Å². The van der Waals surface area contributed by atoms with Gasteiger partial charge in [-0.25, -0.2) is 4.79 Å². The zero-order valence-corrected chi connectivity index (χ0v) is 30.9. The van der Waals surface area contributed by atoms with Crippen LogP contribution in [0.15, 0.2) is 60.8 Å². The summed E-state index contributed by atoms with van der Waals surface area (Å²) in [6.07, 6.45) is 35.5. The number of allylic oxidation sites excluding steroid dienone is 10. The van der Waals surface area contributed by atoms with Gasteiger partial charge in [0.25, 0.3) is 0 Å². The Labute approximate surface area is 292 Å². The van der Waals surface area contributed by atoms with E-state index in [-0.39, 0.29) is 42.7 Å². The lowest BCUT2D eigenvalue weighted by molar-refractivity contribution is -0.887. The van der Waals surface area contributed by atoms with Crippen molar-refractivity contribution in [2.24, 2.45) is 0 Å². The Hall–Kier alpha value is -2.97. The first-order valence-corrected chi connectivity index (χ1v) is 18.4. The summed E-state index contributed by atoms with van der Waals surface area (Å²) < 4.78 is 17.1. The van der Waals surface area contributed by atoms with Gasteiger partial charge in [0.05, 0.1) is 34.4 Å². The Bertz CT molecular complexity index is 975. The van der Waals surface area contributed by atoms with E-state index in [1.165, 1.54) is 38.5 Å². The van der Waals surface area contributed by atoms with Gasteiger partial charge in [-0.2, -0.15) is 0 Å². The SMILES string of the molecule is CC/C=C/C=C/C=C/C=C/C=C/CCCCCC(=O)OC(COCCC(C(=O)O)[N+](C)(C)C)COC(=O)CCCCCCCCCCC. The van der Waals surface area contributed by atoms with Gasteiger partial charge in [0.15, 0.2) is 12.1 Å². The van der Waals surface area contributed by atoms with E-state index in [0.29, 0.717) is 19.3 Å². The van der Waals surface area contributed by atoms with E-state index in [9.17, 15) is 19.5 Å². The fraction of sp³-hybridized carbons (Fsp3) is 0.675. The second-order valence-electron chi connectivity index (χ2n) is 13.2. The average Bonchev–Trinajstić information content (AvgIpc) is 3.03. The third-order valence-corrected chi connectivity index (χ3v) is 7.81. The maximum absolute atomic E-state index is 12.6. The number of aliphatic carboxylic acids is 1. The Balaban J connectivity index is 4.55. The van der Waals surface area contributed by atoms with E-state index < -0.39 is 18.1 Å². The number of likely N-dealkylation sites (N-methyl/N-ethyl adjacent to an activating group) is 1. The van der Waals surface area contributed by atoms with Gasteiger partial charge in [-0.1, -0.05) is 132 Å². The second-order valence-corrected chi connectivity index (χ2v) is 13.2. The molecule has 0 aromatic carbocycles. The van der Waals surface area contributed by atoms with Crippen LogP contribution < -0.4 is 0 Å². The zero-order valence-electron chi connectivity index (χ0n) is 30.9. The molecule has 48 heavy (non-hydrogen) atoms. The summed E-state index contributed by atoms with van der Waals surface area (Å²) in [6, 6.07) is -0.622. The van der Waals surface area contributed by atoms with E-state index in [4.69, 9.17) is 14.2 Å². The van der Waals surface area contributed by atoms with Crippen LogP contribution in [0.4, 0.5) is 0 Å². The fourth-order valence-corrected chi connectivity index (χ4v) is 4.93. The number of ether oxygens (including phenoxy) is 3. The molecule has 8 heteroatoms. The van der Waals surface area contributed by atoms with Crippen LogP contribution in [-0.2, 0) is 28.6 Å². The van der Waals surface area contributed by atoms with Gasteiger partial charge in [0, 0.05) is 19.3 Å². The van der Waals surface area contributed by atoms with Crippen LogP contribution in [0.25, 0.3) is 0 Å². The van der Waals surface area contributed by atoms with E-state index >= 15 is 0 Å². The highest BCUT2D eigenvalue weighted by Gasteiger charge is 2.31. The minimum Gasteiger partial charge on any atom is -0.477 e. The summed E-state index contributed by atoms with van der Waals surface area (Å²) in [4.78, 5) is 36.7. The maximum atomic E-state index is 12.6. The molecule has 0 aromatic rings. The van der Waals surface area contributed by atoms with Crippen LogP contribution in [-0.4, -0.2) is 80.6 Å². The number of quaternary nitrogens is 1. The molecule has 2 unspecified atom stereocenters. The highest BCUT2D eigenvalue weighted by Crippen LogP contribution is 2.12.